The van der Waals surface area contributed by atoms with E-state index in [1.54, 1.807) is 12.1 Å². The van der Waals surface area contributed by atoms with Gasteiger partial charge in [0.25, 0.3) is 0 Å². The number of aromatic nitrogens is 1. The second kappa shape index (κ2) is 7.91. The van der Waals surface area contributed by atoms with E-state index in [0.29, 0.717) is 5.92 Å². The van der Waals surface area contributed by atoms with Crippen LogP contribution in [0.5, 0.6) is 0 Å². The molecule has 0 aliphatic carbocycles. The number of pyridine rings is 1. The Hall–Kier alpha value is -2.01. The molecular weight excluding hydrogens is 424 g/mol. The van der Waals surface area contributed by atoms with Crippen LogP contribution in [0, 0.1) is 5.82 Å². The lowest BCUT2D eigenvalue weighted by molar-refractivity contribution is 0.628. The molecule has 0 saturated carbocycles. The Morgan fingerprint density at radius 2 is 1.64 bits per heavy atom. The highest BCUT2D eigenvalue weighted by atomic mass is 127. The van der Waals surface area contributed by atoms with Crippen LogP contribution in [0.25, 0.3) is 28.6 Å². The molecular formula is C22H19FIN. The van der Waals surface area contributed by atoms with E-state index in [0.717, 1.165) is 28.1 Å². The van der Waals surface area contributed by atoms with Crippen LogP contribution in [0.4, 0.5) is 4.39 Å². The molecule has 0 fully saturated rings. The first-order valence-corrected chi connectivity index (χ1v) is 9.47. The van der Waals surface area contributed by atoms with Gasteiger partial charge in [-0.1, -0.05) is 66.8 Å². The number of rotatable bonds is 4. The normalized spacial score (nSPS) is 11.4. The molecule has 3 heteroatoms. The van der Waals surface area contributed by atoms with Crippen molar-refractivity contribution in [2.75, 3.05) is 0 Å². The molecule has 0 aliphatic heterocycles. The lowest BCUT2D eigenvalue weighted by Crippen LogP contribution is -2.00. The molecule has 0 bridgehead atoms. The van der Waals surface area contributed by atoms with E-state index in [-0.39, 0.29) is 5.82 Å². The number of hydrogen-bond donors (Lipinski definition) is 0. The predicted octanol–water partition coefficient (Wildman–Crippen LogP) is 7.08. The van der Waals surface area contributed by atoms with Crippen LogP contribution in [0.2, 0.25) is 0 Å². The summed E-state index contributed by atoms with van der Waals surface area (Å²) in [5.74, 6) is 0.116. The van der Waals surface area contributed by atoms with Gasteiger partial charge in [0, 0.05) is 16.7 Å². The Labute approximate surface area is 161 Å². The monoisotopic (exact) mass is 443 g/mol. The Morgan fingerprint density at radius 3 is 2.24 bits per heavy atom. The fraction of sp³-hybridized carbons (Fsp3) is 0.136. The predicted molar refractivity (Wildman–Crippen MR) is 112 cm³/mol. The van der Waals surface area contributed by atoms with E-state index in [9.17, 15) is 4.39 Å². The van der Waals surface area contributed by atoms with Gasteiger partial charge in [0.05, 0.1) is 11.4 Å². The number of benzene rings is 2. The number of hydrogen-bond acceptors (Lipinski definition) is 1. The van der Waals surface area contributed by atoms with Gasteiger partial charge in [0.1, 0.15) is 5.82 Å². The maximum atomic E-state index is 13.4. The summed E-state index contributed by atoms with van der Waals surface area (Å²) in [6, 6.07) is 18.9. The van der Waals surface area contributed by atoms with Crippen LogP contribution in [0.1, 0.15) is 30.9 Å². The van der Waals surface area contributed by atoms with Gasteiger partial charge in [0.15, 0.2) is 0 Å². The van der Waals surface area contributed by atoms with Gasteiger partial charge in [-0.25, -0.2) is 9.37 Å². The highest BCUT2D eigenvalue weighted by molar-refractivity contribution is 14.1. The third-order valence-electron chi connectivity index (χ3n) is 4.13. The molecule has 25 heavy (non-hydrogen) atoms. The van der Waals surface area contributed by atoms with Crippen LogP contribution in [-0.4, -0.2) is 4.98 Å². The molecule has 0 spiro atoms. The summed E-state index contributed by atoms with van der Waals surface area (Å²) < 4.78 is 15.4. The van der Waals surface area contributed by atoms with Gasteiger partial charge in [0.2, 0.25) is 0 Å². The van der Waals surface area contributed by atoms with Crippen molar-refractivity contribution in [2.24, 2.45) is 0 Å². The van der Waals surface area contributed by atoms with Gasteiger partial charge in [-0.2, -0.15) is 0 Å². The summed E-state index contributed by atoms with van der Waals surface area (Å²) in [5, 5.41) is 0. The summed E-state index contributed by atoms with van der Waals surface area (Å²) in [6.45, 7) is 4.37. The standard InChI is InChI=1S/C22H19FIN/c1-15(2)20-14-21(16-6-4-3-5-7-16)25-22(19(20)12-13-24)17-8-10-18(23)11-9-17/h3-15H,1-2H3/b13-12+. The average Bonchev–Trinajstić information content (AvgIpc) is 2.63. The van der Waals surface area contributed by atoms with Crippen molar-refractivity contribution in [3.05, 3.63) is 81.7 Å². The van der Waals surface area contributed by atoms with Gasteiger partial charge in [-0.05, 0) is 52.0 Å². The van der Waals surface area contributed by atoms with Crippen molar-refractivity contribution >= 4 is 28.7 Å². The Kier molecular flexibility index (Phi) is 5.63. The summed E-state index contributed by atoms with van der Waals surface area (Å²) in [7, 11) is 0. The van der Waals surface area contributed by atoms with Crippen LogP contribution < -0.4 is 0 Å². The van der Waals surface area contributed by atoms with E-state index < -0.39 is 0 Å². The second-order valence-electron chi connectivity index (χ2n) is 6.18. The van der Waals surface area contributed by atoms with Crippen LogP contribution >= 0.6 is 22.6 Å². The molecule has 1 nitrogen and oxygen atoms in total. The third-order valence-corrected chi connectivity index (χ3v) is 4.49. The quantitative estimate of drug-likeness (QED) is 0.393. The summed E-state index contributed by atoms with van der Waals surface area (Å²) in [5.41, 5.74) is 6.16. The van der Waals surface area contributed by atoms with E-state index >= 15 is 0 Å². The fourth-order valence-electron chi connectivity index (χ4n) is 2.88. The highest BCUT2D eigenvalue weighted by Crippen LogP contribution is 2.34. The minimum Gasteiger partial charge on any atom is -0.247 e. The van der Waals surface area contributed by atoms with Crippen molar-refractivity contribution in [1.82, 2.24) is 4.98 Å². The van der Waals surface area contributed by atoms with Crippen molar-refractivity contribution < 1.29 is 4.39 Å². The number of halogens is 2. The Bertz CT molecular complexity index is 884. The molecule has 0 unspecified atom stereocenters. The maximum absolute atomic E-state index is 13.4. The molecule has 0 radical (unpaired) electrons. The van der Waals surface area contributed by atoms with Gasteiger partial charge >= 0.3 is 0 Å². The SMILES string of the molecule is CC(C)c1cc(-c2ccccc2)nc(-c2ccc(F)cc2)c1/C=C/I. The first-order chi connectivity index (χ1) is 12.1. The first kappa shape index (κ1) is 17.8. The second-order valence-corrected chi connectivity index (χ2v) is 6.90. The molecule has 0 atom stereocenters. The molecule has 0 N–H and O–H groups in total. The zero-order valence-electron chi connectivity index (χ0n) is 14.2. The van der Waals surface area contributed by atoms with Crippen molar-refractivity contribution in [3.63, 3.8) is 0 Å². The Balaban J connectivity index is 2.29. The lowest BCUT2D eigenvalue weighted by Gasteiger charge is -2.17. The Morgan fingerprint density at radius 1 is 0.960 bits per heavy atom. The molecule has 3 aromatic rings. The van der Waals surface area contributed by atoms with Crippen LogP contribution in [0.15, 0.2) is 64.7 Å². The van der Waals surface area contributed by atoms with Crippen molar-refractivity contribution in [3.8, 4) is 22.5 Å². The zero-order chi connectivity index (χ0) is 17.8. The van der Waals surface area contributed by atoms with E-state index in [2.05, 4.69) is 60.7 Å². The minimum absolute atomic E-state index is 0.238. The molecule has 2 aromatic carbocycles. The fourth-order valence-corrected chi connectivity index (χ4v) is 3.23. The lowest BCUT2D eigenvalue weighted by atomic mass is 9.92. The average molecular weight is 443 g/mol. The van der Waals surface area contributed by atoms with Crippen LogP contribution in [-0.2, 0) is 0 Å². The molecule has 1 aromatic heterocycles. The molecule has 0 saturated heterocycles. The smallest absolute Gasteiger partial charge is 0.123 e. The third kappa shape index (κ3) is 3.98. The van der Waals surface area contributed by atoms with E-state index in [1.165, 1.54) is 17.7 Å². The van der Waals surface area contributed by atoms with Gasteiger partial charge in [-0.3, -0.25) is 0 Å². The van der Waals surface area contributed by atoms with Crippen molar-refractivity contribution in [2.45, 2.75) is 19.8 Å². The summed E-state index contributed by atoms with van der Waals surface area (Å²) >= 11 is 2.22. The summed E-state index contributed by atoms with van der Waals surface area (Å²) in [4.78, 5) is 4.93. The molecule has 0 amide bonds. The van der Waals surface area contributed by atoms with E-state index in [4.69, 9.17) is 4.98 Å². The first-order valence-electron chi connectivity index (χ1n) is 8.23. The topological polar surface area (TPSA) is 12.9 Å². The minimum atomic E-state index is -0.238. The highest BCUT2D eigenvalue weighted by Gasteiger charge is 2.15. The van der Waals surface area contributed by atoms with Crippen molar-refractivity contribution in [1.29, 1.82) is 0 Å². The molecule has 0 aliphatic rings. The van der Waals surface area contributed by atoms with Gasteiger partial charge in [-0.15, -0.1) is 0 Å². The van der Waals surface area contributed by atoms with Crippen LogP contribution in [0.3, 0.4) is 0 Å². The number of nitrogens with zero attached hydrogens (tertiary/aromatic N) is 1. The zero-order valence-corrected chi connectivity index (χ0v) is 16.4. The molecule has 3 rings (SSSR count). The summed E-state index contributed by atoms with van der Waals surface area (Å²) in [6.07, 6.45) is 2.08. The maximum Gasteiger partial charge on any atom is 0.123 e. The van der Waals surface area contributed by atoms with E-state index in [1.807, 2.05) is 22.3 Å². The van der Waals surface area contributed by atoms with Gasteiger partial charge < -0.3 is 0 Å². The molecule has 1 heterocycles. The molecule has 126 valence electrons. The largest absolute Gasteiger partial charge is 0.247 e.